The van der Waals surface area contributed by atoms with Crippen LogP contribution in [0.3, 0.4) is 0 Å². The minimum Gasteiger partial charge on any atom is -0.485 e. The molecule has 3 fully saturated rings. The molecular weight excluding hydrogens is 536 g/mol. The number of ether oxygens (including phenoxy) is 3. The molecule has 10 heteroatoms. The van der Waals surface area contributed by atoms with Crippen molar-refractivity contribution >= 4 is 23.2 Å². The highest BCUT2D eigenvalue weighted by atomic mass is 16.6. The van der Waals surface area contributed by atoms with Crippen molar-refractivity contribution in [3.05, 3.63) is 70.4 Å². The lowest BCUT2D eigenvalue weighted by Crippen LogP contribution is -2.53. The number of aliphatic hydroxyl groups is 1. The van der Waals surface area contributed by atoms with Crippen molar-refractivity contribution in [1.82, 2.24) is 10.2 Å². The third-order valence-corrected chi connectivity index (χ3v) is 8.15. The van der Waals surface area contributed by atoms with Gasteiger partial charge in [0, 0.05) is 37.1 Å². The smallest absolute Gasteiger partial charge is 0.223 e. The molecule has 2 aromatic carbocycles. The van der Waals surface area contributed by atoms with Crippen LogP contribution < -0.4 is 14.8 Å². The Bertz CT molecular complexity index is 1460. The van der Waals surface area contributed by atoms with E-state index in [9.17, 15) is 14.7 Å². The molecular formula is C32H36N4O6. The summed E-state index contributed by atoms with van der Waals surface area (Å²) in [5, 5.41) is 13.4. The first-order valence-corrected chi connectivity index (χ1v) is 14.3. The molecule has 0 radical (unpaired) electrons. The van der Waals surface area contributed by atoms with Gasteiger partial charge in [0.15, 0.2) is 11.4 Å². The number of likely N-dealkylation sites (tertiary alicyclic amines) is 1. The molecule has 7 rings (SSSR count). The Hall–Kier alpha value is -4.12. The molecule has 5 heterocycles. The lowest BCUT2D eigenvalue weighted by atomic mass is 9.85. The Balaban J connectivity index is 0.000000145. The topological polar surface area (TPSA) is 109 Å². The van der Waals surface area contributed by atoms with Gasteiger partial charge in [0.1, 0.15) is 41.0 Å². The summed E-state index contributed by atoms with van der Waals surface area (Å²) in [6.45, 7) is 23.3. The van der Waals surface area contributed by atoms with Gasteiger partial charge in [-0.3, -0.25) is 9.59 Å². The van der Waals surface area contributed by atoms with Crippen LogP contribution in [0.15, 0.2) is 36.4 Å². The minimum atomic E-state index is -0.826. The van der Waals surface area contributed by atoms with E-state index in [0.29, 0.717) is 30.1 Å². The molecule has 220 valence electrons. The summed E-state index contributed by atoms with van der Waals surface area (Å²) in [5.41, 5.74) is 1.85. The fourth-order valence-corrected chi connectivity index (χ4v) is 5.83. The van der Waals surface area contributed by atoms with Gasteiger partial charge in [-0.1, -0.05) is 12.1 Å². The van der Waals surface area contributed by atoms with Gasteiger partial charge < -0.3 is 29.5 Å². The highest BCUT2D eigenvalue weighted by Crippen LogP contribution is 2.54. The molecule has 2 N–H and O–H groups in total. The number of hydrogen-bond donors (Lipinski definition) is 2. The Morgan fingerprint density at radius 1 is 0.905 bits per heavy atom. The van der Waals surface area contributed by atoms with E-state index in [0.717, 1.165) is 42.7 Å². The van der Waals surface area contributed by atoms with Gasteiger partial charge in [-0.25, -0.2) is 9.69 Å². The summed E-state index contributed by atoms with van der Waals surface area (Å²) in [5.74, 6) is 1.75. The summed E-state index contributed by atoms with van der Waals surface area (Å²) in [4.78, 5) is 30.8. The monoisotopic (exact) mass is 572 g/mol. The van der Waals surface area contributed by atoms with Gasteiger partial charge in [-0.05, 0) is 64.8 Å². The van der Waals surface area contributed by atoms with Gasteiger partial charge in [-0.15, -0.1) is 0 Å². The highest BCUT2D eigenvalue weighted by molar-refractivity contribution is 5.79. The second-order valence-electron chi connectivity index (χ2n) is 12.1. The van der Waals surface area contributed by atoms with Crippen LogP contribution in [0, 0.1) is 13.1 Å². The van der Waals surface area contributed by atoms with Crippen LogP contribution >= 0.6 is 0 Å². The van der Waals surface area contributed by atoms with E-state index in [-0.39, 0.29) is 29.6 Å². The first kappa shape index (κ1) is 29.4. The quantitative estimate of drug-likeness (QED) is 0.360. The van der Waals surface area contributed by atoms with Crippen LogP contribution in [0.2, 0.25) is 0 Å². The van der Waals surface area contributed by atoms with E-state index in [2.05, 4.69) is 15.0 Å². The summed E-state index contributed by atoms with van der Waals surface area (Å²) in [6, 6.07) is 10.2. The van der Waals surface area contributed by atoms with Crippen LogP contribution in [0.1, 0.15) is 76.7 Å². The molecule has 0 spiro atoms. The molecule has 2 amide bonds. The average molecular weight is 573 g/mol. The second-order valence-corrected chi connectivity index (χ2v) is 12.1. The van der Waals surface area contributed by atoms with Crippen LogP contribution in [0.4, 0.5) is 11.4 Å². The number of nitrogens with zero attached hydrogens (tertiary/aromatic N) is 3. The van der Waals surface area contributed by atoms with Gasteiger partial charge >= 0.3 is 0 Å². The molecule has 0 unspecified atom stereocenters. The molecule has 0 bridgehead atoms. The molecule has 4 atom stereocenters. The van der Waals surface area contributed by atoms with Gasteiger partial charge in [0.2, 0.25) is 11.8 Å². The number of rotatable bonds is 1. The van der Waals surface area contributed by atoms with E-state index in [1.165, 1.54) is 0 Å². The van der Waals surface area contributed by atoms with Gasteiger partial charge in [0.05, 0.1) is 19.2 Å². The van der Waals surface area contributed by atoms with E-state index in [4.69, 9.17) is 27.4 Å². The number of carbonyl (C=O) groups is 2. The van der Waals surface area contributed by atoms with Crippen molar-refractivity contribution < 1.29 is 28.9 Å². The van der Waals surface area contributed by atoms with Crippen molar-refractivity contribution in [2.75, 3.05) is 13.1 Å². The van der Waals surface area contributed by atoms with Crippen molar-refractivity contribution in [2.45, 2.75) is 88.9 Å². The van der Waals surface area contributed by atoms with Crippen LogP contribution in [0.25, 0.3) is 9.69 Å². The molecule has 0 aliphatic carbocycles. The van der Waals surface area contributed by atoms with E-state index in [1.807, 2.05) is 39.8 Å². The van der Waals surface area contributed by atoms with Crippen LogP contribution in [-0.4, -0.2) is 58.3 Å². The number of benzene rings is 2. The SMILES string of the molecule is O=C1CCCN1.[C-]#[N+]c1ccc2c(c1)[C@@H](N1CCCC1=O)[C@H](O)C(C)(C)O2.[C-]#[N+]c1ccc2c(c1)[C@@H]1O[C@@H]1C(C)(C)O2. The molecule has 5 aliphatic rings. The van der Waals surface area contributed by atoms with Crippen molar-refractivity contribution in [2.24, 2.45) is 0 Å². The zero-order valence-corrected chi connectivity index (χ0v) is 24.3. The number of nitrogens with one attached hydrogen (secondary N) is 1. The lowest BCUT2D eigenvalue weighted by molar-refractivity contribution is -0.139. The first-order chi connectivity index (χ1) is 19.9. The van der Waals surface area contributed by atoms with Gasteiger partial charge in [0.25, 0.3) is 0 Å². The fourth-order valence-electron chi connectivity index (χ4n) is 5.83. The predicted molar refractivity (Wildman–Crippen MR) is 154 cm³/mol. The average Bonchev–Trinajstić information content (AvgIpc) is 3.48. The number of carbonyl (C=O) groups excluding carboxylic acids is 2. The zero-order valence-electron chi connectivity index (χ0n) is 24.3. The lowest BCUT2D eigenvalue weighted by Gasteiger charge is -2.45. The standard InChI is InChI=1S/C16H18N2O3.C12H11NO2.C4H7NO/c1-16(2)15(20)14(18-8-4-5-13(18)19)11-9-10(17-3)6-7-12(11)21-16;1-12(2)11-10(14-11)8-6-7(13-3)4-5-9(8)15-12;6-4-2-1-3-5-4/h6-7,9,14-15,20H,4-5,8H2,1-2H3;4-6,10-11H,1-2H3;1-3H2,(H,5,6)/t14-,15+;10-,11-;/m10./s1. The summed E-state index contributed by atoms with van der Waals surface area (Å²) < 4.78 is 17.3. The number of epoxide rings is 1. The number of fused-ring (bicyclic) bond motifs is 4. The Kier molecular flexibility index (Phi) is 7.89. The molecule has 10 nitrogen and oxygen atoms in total. The number of aliphatic hydroxyl groups excluding tert-OH is 1. The normalized spacial score (nSPS) is 27.0. The Morgan fingerprint density at radius 3 is 2.05 bits per heavy atom. The third-order valence-electron chi connectivity index (χ3n) is 8.15. The molecule has 5 aliphatic heterocycles. The van der Waals surface area contributed by atoms with Crippen molar-refractivity contribution in [3.8, 4) is 11.5 Å². The number of hydrogen-bond acceptors (Lipinski definition) is 6. The Labute approximate surface area is 246 Å². The summed E-state index contributed by atoms with van der Waals surface area (Å²) in [7, 11) is 0. The second kappa shape index (κ2) is 11.3. The minimum absolute atomic E-state index is 0.0518. The maximum Gasteiger partial charge on any atom is 0.223 e. The zero-order chi connectivity index (χ0) is 30.2. The van der Waals surface area contributed by atoms with Gasteiger partial charge in [-0.2, -0.15) is 0 Å². The highest BCUT2D eigenvalue weighted by Gasteiger charge is 2.56. The fraction of sp³-hybridized carbons (Fsp3) is 0.500. The van der Waals surface area contributed by atoms with Crippen molar-refractivity contribution in [1.29, 1.82) is 0 Å². The van der Waals surface area contributed by atoms with E-state index < -0.39 is 17.7 Å². The summed E-state index contributed by atoms with van der Waals surface area (Å²) in [6.07, 6.45) is 2.53. The molecule has 0 aromatic heterocycles. The maximum atomic E-state index is 12.1. The van der Waals surface area contributed by atoms with Crippen molar-refractivity contribution in [3.63, 3.8) is 0 Å². The Morgan fingerprint density at radius 2 is 1.52 bits per heavy atom. The third kappa shape index (κ3) is 5.78. The molecule has 2 aromatic rings. The largest absolute Gasteiger partial charge is 0.485 e. The number of amides is 2. The summed E-state index contributed by atoms with van der Waals surface area (Å²) >= 11 is 0. The maximum absolute atomic E-state index is 12.1. The van der Waals surface area contributed by atoms with Crippen LogP contribution in [-0.2, 0) is 14.3 Å². The molecule has 0 saturated carbocycles. The van der Waals surface area contributed by atoms with Crippen LogP contribution in [0.5, 0.6) is 11.5 Å². The van der Waals surface area contributed by atoms with E-state index in [1.54, 1.807) is 29.2 Å². The van der Waals surface area contributed by atoms with E-state index >= 15 is 0 Å². The predicted octanol–water partition coefficient (Wildman–Crippen LogP) is 5.18. The first-order valence-electron chi connectivity index (χ1n) is 14.3. The molecule has 42 heavy (non-hydrogen) atoms. The molecule has 3 saturated heterocycles.